The molecule has 4 aromatic rings. The summed E-state index contributed by atoms with van der Waals surface area (Å²) >= 11 is 0. The van der Waals surface area contributed by atoms with Crippen molar-refractivity contribution in [3.05, 3.63) is 117 Å². The zero-order valence-electron chi connectivity index (χ0n) is 16.4. The van der Waals surface area contributed by atoms with E-state index in [0.717, 1.165) is 0 Å². The molecule has 1 aromatic heterocycles. The Morgan fingerprint density at radius 2 is 1.71 bits per heavy atom. The van der Waals surface area contributed by atoms with Gasteiger partial charge in [-0.05, 0) is 35.4 Å². The highest BCUT2D eigenvalue weighted by atomic mass is 19.1. The maximum atomic E-state index is 14.0. The first kappa shape index (κ1) is 19.2. The molecule has 6 heteroatoms. The van der Waals surface area contributed by atoms with Crippen molar-refractivity contribution < 1.29 is 18.7 Å². The highest BCUT2D eigenvalue weighted by molar-refractivity contribution is 5.99. The van der Waals surface area contributed by atoms with Crippen LogP contribution in [0, 0.1) is 5.82 Å². The van der Waals surface area contributed by atoms with Crippen molar-refractivity contribution in [3.63, 3.8) is 0 Å². The van der Waals surface area contributed by atoms with Crippen LogP contribution in [-0.4, -0.2) is 22.5 Å². The minimum absolute atomic E-state index is 0.0711. The number of nitrogens with zero attached hydrogens (tertiary/aromatic N) is 1. The van der Waals surface area contributed by atoms with E-state index in [1.807, 2.05) is 6.07 Å². The summed E-state index contributed by atoms with van der Waals surface area (Å²) in [5.74, 6) is -1.06. The number of halogens is 1. The molecule has 0 bridgehead atoms. The lowest BCUT2D eigenvalue weighted by molar-refractivity contribution is 0.0583. The number of aliphatic hydroxyl groups excluding tert-OH is 1. The Morgan fingerprint density at radius 3 is 2.48 bits per heavy atom. The number of para-hydroxylation sites is 1. The van der Waals surface area contributed by atoms with Crippen LogP contribution < -0.4 is 5.43 Å². The first-order valence-corrected chi connectivity index (χ1v) is 9.90. The Kier molecular flexibility index (Phi) is 4.64. The first-order chi connectivity index (χ1) is 15.0. The highest BCUT2D eigenvalue weighted by Gasteiger charge is 2.43. The molecule has 5 rings (SSSR count). The van der Waals surface area contributed by atoms with Crippen molar-refractivity contribution in [2.75, 3.05) is 6.54 Å². The molecule has 0 saturated carbocycles. The highest BCUT2D eigenvalue weighted by Crippen LogP contribution is 2.39. The van der Waals surface area contributed by atoms with Gasteiger partial charge in [0.1, 0.15) is 11.4 Å². The smallest absolute Gasteiger partial charge is 0.291 e. The van der Waals surface area contributed by atoms with Crippen LogP contribution in [0.15, 0.2) is 88.1 Å². The van der Waals surface area contributed by atoms with Crippen LogP contribution in [0.2, 0.25) is 0 Å². The summed E-state index contributed by atoms with van der Waals surface area (Å²) in [6, 6.07) is 20.6. The number of carbonyl (C=O) groups is 1. The number of carbonyl (C=O) groups excluding carboxylic acids is 1. The molecule has 3 aromatic carbocycles. The number of hydrogen-bond acceptors (Lipinski definition) is 4. The SMILES string of the molecule is O=C1c2oc3ccccc3c(=O)c2[C@@H](c2cccc(F)c2)N1C[C@@H](O)c1ccccc1. The van der Waals surface area contributed by atoms with Crippen molar-refractivity contribution >= 4 is 16.9 Å². The van der Waals surface area contributed by atoms with Crippen LogP contribution in [0.5, 0.6) is 0 Å². The van der Waals surface area contributed by atoms with Crippen LogP contribution in [0.3, 0.4) is 0 Å². The molecule has 0 unspecified atom stereocenters. The maximum absolute atomic E-state index is 14.0. The van der Waals surface area contributed by atoms with Crippen LogP contribution in [0.4, 0.5) is 4.39 Å². The van der Waals surface area contributed by atoms with Gasteiger partial charge in [0.25, 0.3) is 5.91 Å². The van der Waals surface area contributed by atoms with Crippen LogP contribution in [0.25, 0.3) is 11.0 Å². The number of fused-ring (bicyclic) bond motifs is 2. The largest absolute Gasteiger partial charge is 0.450 e. The van der Waals surface area contributed by atoms with Crippen LogP contribution in [0.1, 0.15) is 39.4 Å². The molecule has 0 fully saturated rings. The van der Waals surface area contributed by atoms with Gasteiger partial charge in [0.05, 0.1) is 29.6 Å². The van der Waals surface area contributed by atoms with E-state index in [9.17, 15) is 19.1 Å². The third kappa shape index (κ3) is 3.21. The van der Waals surface area contributed by atoms with E-state index in [1.165, 1.54) is 23.1 Å². The Hall–Kier alpha value is -3.77. The Labute approximate surface area is 177 Å². The Balaban J connectivity index is 1.68. The molecule has 1 N–H and O–H groups in total. The summed E-state index contributed by atoms with van der Waals surface area (Å²) in [7, 11) is 0. The van der Waals surface area contributed by atoms with E-state index in [4.69, 9.17) is 4.42 Å². The molecule has 2 atom stereocenters. The third-order valence-electron chi connectivity index (χ3n) is 5.59. The first-order valence-electron chi connectivity index (χ1n) is 9.90. The van der Waals surface area contributed by atoms with E-state index < -0.39 is 23.9 Å². The summed E-state index contributed by atoms with van der Waals surface area (Å²) in [6.07, 6.45) is -0.986. The van der Waals surface area contributed by atoms with Gasteiger partial charge >= 0.3 is 0 Å². The summed E-state index contributed by atoms with van der Waals surface area (Å²) < 4.78 is 19.9. The molecule has 1 amide bonds. The molecule has 0 saturated heterocycles. The predicted octanol–water partition coefficient (Wildman–Crippen LogP) is 4.21. The molecule has 154 valence electrons. The van der Waals surface area contributed by atoms with Gasteiger partial charge in [-0.2, -0.15) is 0 Å². The fourth-order valence-corrected chi connectivity index (χ4v) is 4.15. The van der Waals surface area contributed by atoms with E-state index >= 15 is 0 Å². The summed E-state index contributed by atoms with van der Waals surface area (Å²) in [5.41, 5.74) is 1.21. The lowest BCUT2D eigenvalue weighted by atomic mass is 9.98. The topological polar surface area (TPSA) is 70.8 Å². The van der Waals surface area contributed by atoms with Gasteiger partial charge in [-0.1, -0.05) is 54.6 Å². The summed E-state index contributed by atoms with van der Waals surface area (Å²) in [5, 5.41) is 11.1. The van der Waals surface area contributed by atoms with Crippen molar-refractivity contribution in [2.45, 2.75) is 12.1 Å². The standard InChI is InChI=1S/C25H18FNO4/c26-17-10-6-9-16(13-17)22-21-23(29)18-11-4-5-12-20(18)31-24(21)25(30)27(22)14-19(28)15-7-2-1-3-8-15/h1-13,19,22,28H,14H2/t19-,22-/m1/s1. The predicted molar refractivity (Wildman–Crippen MR) is 113 cm³/mol. The van der Waals surface area contributed by atoms with Gasteiger partial charge in [-0.25, -0.2) is 4.39 Å². The zero-order chi connectivity index (χ0) is 21.5. The van der Waals surface area contributed by atoms with E-state index in [0.29, 0.717) is 22.1 Å². The Morgan fingerprint density at radius 1 is 0.968 bits per heavy atom. The lowest BCUT2D eigenvalue weighted by Crippen LogP contribution is -2.33. The van der Waals surface area contributed by atoms with Gasteiger partial charge < -0.3 is 14.4 Å². The molecule has 0 radical (unpaired) electrons. The monoisotopic (exact) mass is 415 g/mol. The van der Waals surface area contributed by atoms with Crippen LogP contribution in [-0.2, 0) is 0 Å². The van der Waals surface area contributed by atoms with Gasteiger partial charge in [0, 0.05) is 0 Å². The minimum atomic E-state index is -0.986. The van der Waals surface area contributed by atoms with Crippen molar-refractivity contribution in [2.24, 2.45) is 0 Å². The van der Waals surface area contributed by atoms with Gasteiger partial charge in [0.15, 0.2) is 5.43 Å². The summed E-state index contributed by atoms with van der Waals surface area (Å²) in [6.45, 7) is -0.0794. The molecule has 0 aliphatic carbocycles. The number of amides is 1. The molecular weight excluding hydrogens is 397 g/mol. The molecular formula is C25H18FNO4. The number of aliphatic hydroxyl groups is 1. The van der Waals surface area contributed by atoms with Gasteiger partial charge in [-0.15, -0.1) is 0 Å². The molecule has 1 aliphatic heterocycles. The number of hydrogen-bond donors (Lipinski definition) is 1. The van der Waals surface area contributed by atoms with Gasteiger partial charge in [0.2, 0.25) is 5.76 Å². The number of β-amino-alcohol motifs (C(OH)–C–C–N with tert-alkyl or cyclic N) is 1. The molecule has 5 nitrogen and oxygen atoms in total. The van der Waals surface area contributed by atoms with Crippen molar-refractivity contribution in [1.82, 2.24) is 4.90 Å². The second-order valence-corrected chi connectivity index (χ2v) is 7.51. The van der Waals surface area contributed by atoms with E-state index in [1.54, 1.807) is 54.6 Å². The van der Waals surface area contributed by atoms with Gasteiger partial charge in [-0.3, -0.25) is 9.59 Å². The normalized spacial score (nSPS) is 16.5. The molecule has 31 heavy (non-hydrogen) atoms. The minimum Gasteiger partial charge on any atom is -0.450 e. The average molecular weight is 415 g/mol. The molecule has 0 spiro atoms. The fourth-order valence-electron chi connectivity index (χ4n) is 4.15. The van der Waals surface area contributed by atoms with Crippen molar-refractivity contribution in [1.29, 1.82) is 0 Å². The van der Waals surface area contributed by atoms with E-state index in [-0.39, 0.29) is 23.3 Å². The quantitative estimate of drug-likeness (QED) is 0.542. The second kappa shape index (κ2) is 7.49. The van der Waals surface area contributed by atoms with Crippen molar-refractivity contribution in [3.8, 4) is 0 Å². The van der Waals surface area contributed by atoms with E-state index in [2.05, 4.69) is 0 Å². The molecule has 2 heterocycles. The molecule has 1 aliphatic rings. The number of rotatable bonds is 4. The van der Waals surface area contributed by atoms with Crippen LogP contribution >= 0.6 is 0 Å². The Bertz CT molecular complexity index is 1350. The average Bonchev–Trinajstić information content (AvgIpc) is 3.06. The zero-order valence-corrected chi connectivity index (χ0v) is 16.4. The second-order valence-electron chi connectivity index (χ2n) is 7.51. The summed E-state index contributed by atoms with van der Waals surface area (Å²) in [4.78, 5) is 28.0. The number of benzene rings is 3. The maximum Gasteiger partial charge on any atom is 0.291 e. The lowest BCUT2D eigenvalue weighted by Gasteiger charge is -2.27. The third-order valence-corrected chi connectivity index (χ3v) is 5.59. The fraction of sp³-hybridized carbons (Fsp3) is 0.120.